The third kappa shape index (κ3) is 5.72. The topological polar surface area (TPSA) is 249 Å². The molecule has 202 valence electrons. The molecule has 2 amide bonds. The molecule has 16 nitrogen and oxygen atoms in total. The van der Waals surface area contributed by atoms with Gasteiger partial charge in [0.15, 0.2) is 9.47 Å². The van der Waals surface area contributed by atoms with Crippen LogP contribution in [-0.2, 0) is 30.6 Å². The highest BCUT2D eigenvalue weighted by Crippen LogP contribution is 2.41. The molecule has 3 atom stereocenters. The number of fused-ring (bicyclic) bond motifs is 1. The van der Waals surface area contributed by atoms with E-state index < -0.39 is 47.0 Å². The summed E-state index contributed by atoms with van der Waals surface area (Å²) < 4.78 is 4.51. The molecule has 0 aliphatic carbocycles. The summed E-state index contributed by atoms with van der Waals surface area (Å²) in [6.45, 7) is 1.45. The summed E-state index contributed by atoms with van der Waals surface area (Å²) in [5, 5.41) is 32.8. The Morgan fingerprint density at radius 1 is 1.34 bits per heavy atom. The van der Waals surface area contributed by atoms with E-state index in [-0.39, 0.29) is 29.0 Å². The van der Waals surface area contributed by atoms with E-state index in [1.807, 2.05) is 0 Å². The number of hydrogen-bond donors (Lipinski definition) is 5. The average Bonchev–Trinajstić information content (AvgIpc) is 3.53. The number of nitrogens with zero attached hydrogens (tertiary/aromatic N) is 6. The Morgan fingerprint density at radius 3 is 2.71 bits per heavy atom. The molecule has 20 heteroatoms. The number of carboxylic acids is 2. The number of aromatic nitrogens is 4. The van der Waals surface area contributed by atoms with E-state index in [9.17, 15) is 24.3 Å². The van der Waals surface area contributed by atoms with Crippen LogP contribution in [0.3, 0.4) is 0 Å². The van der Waals surface area contributed by atoms with E-state index in [2.05, 4.69) is 30.0 Å². The van der Waals surface area contributed by atoms with Crippen LogP contribution >= 0.6 is 46.4 Å². The number of nitrogen functional groups attached to an aromatic ring is 1. The molecule has 2 aromatic heterocycles. The second kappa shape index (κ2) is 11.6. The minimum atomic E-state index is -1.38. The number of nitrogens with two attached hydrogens (primary N) is 2. The largest absolute Gasteiger partial charge is 0.478 e. The summed E-state index contributed by atoms with van der Waals surface area (Å²) in [5.74, 6) is -3.81. The maximum absolute atomic E-state index is 13.0. The highest BCUT2D eigenvalue weighted by molar-refractivity contribution is 8.01. The SMILES string of the molecule is CC(ON=C(C(=O)NC1C(=O)N2C(C(=O)O)=C(CSc3nnc(CN)s3)CS[C@@H]12)c1nsc(N)n1)C(=O)O. The molecule has 2 unspecified atom stereocenters. The number of nitrogens with one attached hydrogen (secondary N) is 1. The fraction of sp³-hybridized carbons (Fsp3) is 0.389. The number of carboxylic acid groups (broad SMARTS) is 2. The summed E-state index contributed by atoms with van der Waals surface area (Å²) in [6, 6.07) is -1.08. The molecule has 0 spiro atoms. The van der Waals surface area contributed by atoms with E-state index in [0.717, 1.165) is 16.4 Å². The van der Waals surface area contributed by atoms with Crippen LogP contribution in [-0.4, -0.2) is 93.2 Å². The quantitative estimate of drug-likeness (QED) is 0.0911. The molecule has 1 fully saturated rings. The molecular formula is C18H19N9O7S4. The molecule has 4 heterocycles. The van der Waals surface area contributed by atoms with Crippen LogP contribution in [0.1, 0.15) is 17.8 Å². The van der Waals surface area contributed by atoms with E-state index >= 15 is 0 Å². The normalized spacial score (nSPS) is 20.0. The first-order valence-corrected chi connectivity index (χ1v) is 14.1. The zero-order valence-corrected chi connectivity index (χ0v) is 22.5. The van der Waals surface area contributed by atoms with Crippen molar-refractivity contribution in [3.8, 4) is 0 Å². The van der Waals surface area contributed by atoms with Gasteiger partial charge in [-0.05, 0) is 12.5 Å². The lowest BCUT2D eigenvalue weighted by molar-refractivity contribution is -0.150. The maximum Gasteiger partial charge on any atom is 0.352 e. The standard InChI is InChI=1S/C18H19N9O7S4/c1-5(15(30)31)34-25-8(11-22-17(20)38-26-11)12(28)21-9-13(29)27-10(16(32)33)6(3-35-14(9)27)4-36-18-24-23-7(2-19)37-18/h5,9,14H,2-4,19H2,1H3,(H,21,28)(H,30,31)(H,32,33)(H2,20,22,26)/t5?,9?,14-/m0/s1. The lowest BCUT2D eigenvalue weighted by atomic mass is 10.0. The third-order valence-corrected chi connectivity index (χ3v) is 9.10. The summed E-state index contributed by atoms with van der Waals surface area (Å²) in [6.07, 6.45) is -1.38. The van der Waals surface area contributed by atoms with Crippen molar-refractivity contribution >= 4 is 81.0 Å². The van der Waals surface area contributed by atoms with Crippen LogP contribution in [0, 0.1) is 0 Å². The van der Waals surface area contributed by atoms with Gasteiger partial charge >= 0.3 is 11.9 Å². The molecule has 4 rings (SSSR count). The Morgan fingerprint density at radius 2 is 2.11 bits per heavy atom. The molecule has 38 heavy (non-hydrogen) atoms. The van der Waals surface area contributed by atoms with Crippen molar-refractivity contribution < 1.29 is 34.2 Å². The van der Waals surface area contributed by atoms with Crippen LogP contribution in [0.5, 0.6) is 0 Å². The summed E-state index contributed by atoms with van der Waals surface area (Å²) in [4.78, 5) is 59.0. The number of hydrogen-bond acceptors (Lipinski definition) is 16. The number of aliphatic carboxylic acids is 2. The third-order valence-electron chi connectivity index (χ3n) is 5.05. The van der Waals surface area contributed by atoms with Gasteiger partial charge in [-0.2, -0.15) is 9.36 Å². The van der Waals surface area contributed by atoms with E-state index in [0.29, 0.717) is 20.7 Å². The smallest absolute Gasteiger partial charge is 0.352 e. The number of oxime groups is 1. The first kappa shape index (κ1) is 27.7. The van der Waals surface area contributed by atoms with Crippen molar-refractivity contribution in [3.05, 3.63) is 22.1 Å². The summed E-state index contributed by atoms with van der Waals surface area (Å²) in [5.41, 5.74) is 11.0. The van der Waals surface area contributed by atoms with Crippen LogP contribution in [0.2, 0.25) is 0 Å². The summed E-state index contributed by atoms with van der Waals surface area (Å²) >= 11 is 4.65. The van der Waals surface area contributed by atoms with Gasteiger partial charge in [-0.3, -0.25) is 14.5 Å². The monoisotopic (exact) mass is 601 g/mol. The van der Waals surface area contributed by atoms with E-state index in [1.54, 1.807) is 0 Å². The van der Waals surface area contributed by atoms with Crippen molar-refractivity contribution in [2.24, 2.45) is 10.9 Å². The number of rotatable bonds is 11. The molecular weight excluding hydrogens is 583 g/mol. The average molecular weight is 602 g/mol. The molecule has 1 saturated heterocycles. The highest BCUT2D eigenvalue weighted by Gasteiger charge is 2.54. The fourth-order valence-electron chi connectivity index (χ4n) is 3.22. The van der Waals surface area contributed by atoms with Gasteiger partial charge < -0.3 is 31.8 Å². The van der Waals surface area contributed by atoms with Crippen LogP contribution in [0.25, 0.3) is 0 Å². The van der Waals surface area contributed by atoms with Crippen molar-refractivity contribution in [2.45, 2.75) is 35.3 Å². The summed E-state index contributed by atoms with van der Waals surface area (Å²) in [7, 11) is 0. The number of carbonyl (C=O) groups excluding carboxylic acids is 2. The first-order valence-electron chi connectivity index (χ1n) is 10.5. The molecule has 2 aliphatic heterocycles. The highest BCUT2D eigenvalue weighted by atomic mass is 32.2. The Balaban J connectivity index is 1.49. The minimum absolute atomic E-state index is 0.0231. The van der Waals surface area contributed by atoms with Gasteiger partial charge in [0, 0.05) is 29.6 Å². The Labute approximate surface area is 230 Å². The van der Waals surface area contributed by atoms with E-state index in [1.165, 1.54) is 41.8 Å². The Bertz CT molecular complexity index is 1340. The van der Waals surface area contributed by atoms with Gasteiger partial charge in [-0.1, -0.05) is 28.3 Å². The maximum atomic E-state index is 13.0. The molecule has 2 aromatic rings. The lowest BCUT2D eigenvalue weighted by Crippen LogP contribution is -2.71. The van der Waals surface area contributed by atoms with Crippen molar-refractivity contribution in [2.75, 3.05) is 17.2 Å². The second-order valence-corrected chi connectivity index (χ2v) is 11.7. The Kier molecular flexibility index (Phi) is 8.45. The van der Waals surface area contributed by atoms with Crippen molar-refractivity contribution in [1.82, 2.24) is 29.8 Å². The van der Waals surface area contributed by atoms with E-state index in [4.69, 9.17) is 21.4 Å². The van der Waals surface area contributed by atoms with Crippen LogP contribution < -0.4 is 16.8 Å². The van der Waals surface area contributed by atoms with Crippen LogP contribution in [0.15, 0.2) is 20.8 Å². The predicted octanol–water partition coefficient (Wildman–Crippen LogP) is -0.845. The molecule has 0 bridgehead atoms. The van der Waals surface area contributed by atoms with Gasteiger partial charge in [0.2, 0.25) is 17.6 Å². The van der Waals surface area contributed by atoms with Gasteiger partial charge in [0.1, 0.15) is 22.1 Å². The van der Waals surface area contributed by atoms with Crippen molar-refractivity contribution in [1.29, 1.82) is 0 Å². The van der Waals surface area contributed by atoms with Gasteiger partial charge in [-0.15, -0.1) is 22.0 Å². The number of carbonyl (C=O) groups is 4. The minimum Gasteiger partial charge on any atom is -0.478 e. The zero-order valence-electron chi connectivity index (χ0n) is 19.3. The number of thioether (sulfide) groups is 2. The van der Waals surface area contributed by atoms with Crippen LogP contribution in [0.4, 0.5) is 5.13 Å². The Hall–Kier alpha value is -3.33. The van der Waals surface area contributed by atoms with Gasteiger partial charge in [-0.25, -0.2) is 9.59 Å². The molecule has 0 radical (unpaired) electrons. The molecule has 7 N–H and O–H groups in total. The predicted molar refractivity (Wildman–Crippen MR) is 137 cm³/mol. The second-order valence-electron chi connectivity index (χ2n) is 7.55. The number of anilines is 1. The zero-order chi connectivity index (χ0) is 27.6. The lowest BCUT2D eigenvalue weighted by Gasteiger charge is -2.49. The fourth-order valence-corrected chi connectivity index (χ4v) is 6.92. The number of β-lactam (4-membered cyclic amide) rings is 1. The number of amides is 2. The van der Waals surface area contributed by atoms with Gasteiger partial charge in [0.05, 0.1) is 0 Å². The molecule has 0 aromatic carbocycles. The molecule has 0 saturated carbocycles. The van der Waals surface area contributed by atoms with Crippen molar-refractivity contribution in [3.63, 3.8) is 0 Å². The first-order chi connectivity index (χ1) is 18.1. The van der Waals surface area contributed by atoms with Gasteiger partial charge in [0.25, 0.3) is 11.8 Å². The molecule has 2 aliphatic rings.